The number of phosphoric acid groups is 2. The predicted molar refractivity (Wildman–Crippen MR) is 389 cm³/mol. The highest BCUT2D eigenvalue weighted by Gasteiger charge is 2.29. The van der Waals surface area contributed by atoms with Crippen LogP contribution in [-0.4, -0.2) is 95.9 Å². The third-order valence-corrected chi connectivity index (χ3v) is 16.1. The molecule has 0 spiro atoms. The van der Waals surface area contributed by atoms with Crippen LogP contribution >= 0.6 is 15.6 Å². The number of ether oxygens (including phenoxy) is 3. The van der Waals surface area contributed by atoms with Gasteiger partial charge in [0.05, 0.1) is 26.4 Å². The van der Waals surface area contributed by atoms with Gasteiger partial charge in [0.2, 0.25) is 0 Å². The molecule has 0 aliphatic heterocycles. The van der Waals surface area contributed by atoms with Crippen molar-refractivity contribution in [3.05, 3.63) is 158 Å². The number of carbonyl (C=O) groups is 3. The number of hydrogen-bond acceptors (Lipinski definition) is 14. The summed E-state index contributed by atoms with van der Waals surface area (Å²) in [6, 6.07) is 0. The molecule has 540 valence electrons. The Kier molecular flexibility index (Phi) is 65.6. The Morgan fingerprint density at radius 2 is 0.526 bits per heavy atom. The van der Waals surface area contributed by atoms with E-state index in [1.54, 1.807) is 0 Å². The molecule has 0 bridgehead atoms. The minimum Gasteiger partial charge on any atom is -0.463 e. The van der Waals surface area contributed by atoms with E-state index in [-0.39, 0.29) is 19.3 Å². The van der Waals surface area contributed by atoms with Gasteiger partial charge in [0.1, 0.15) is 25.4 Å². The maximum Gasteiger partial charge on any atom is 0.472 e. The summed E-state index contributed by atoms with van der Waals surface area (Å²) in [5.74, 6) is -1.64. The SMILES string of the molecule is CC/C=C\C/C=C\C/C=C\C/C=C\C/C=C\C/C=C\CCCCCCC(=O)OCC(O)COP(=O)(O)OCC(O)COP(=O)(O)OCC(COC(=O)CCCCCCCC/C=C\C/C=C\C/C=C\C/C=C\CC)OC(=O)CCCCCCCCC/C=C\C/C=C\C/C=C\CC. The summed E-state index contributed by atoms with van der Waals surface area (Å²) >= 11 is 0. The van der Waals surface area contributed by atoms with E-state index in [4.69, 9.17) is 32.3 Å². The maximum absolute atomic E-state index is 13.0. The Balaban J connectivity index is 4.72. The Morgan fingerprint density at radius 1 is 0.295 bits per heavy atom. The van der Waals surface area contributed by atoms with Crippen molar-refractivity contribution in [2.24, 2.45) is 0 Å². The lowest BCUT2D eigenvalue weighted by atomic mass is 10.1. The first-order valence-corrected chi connectivity index (χ1v) is 38.8. The second kappa shape index (κ2) is 69.1. The highest BCUT2D eigenvalue weighted by atomic mass is 31.2. The lowest BCUT2D eigenvalue weighted by Crippen LogP contribution is -2.30. The number of aliphatic hydroxyl groups is 2. The second-order valence-corrected chi connectivity index (χ2v) is 26.1. The van der Waals surface area contributed by atoms with E-state index in [9.17, 15) is 43.5 Å². The molecule has 0 aliphatic carbocycles. The molecule has 0 aromatic carbocycles. The van der Waals surface area contributed by atoms with Crippen LogP contribution in [0, 0.1) is 0 Å². The second-order valence-electron chi connectivity index (χ2n) is 23.2. The Morgan fingerprint density at radius 3 is 0.832 bits per heavy atom. The van der Waals surface area contributed by atoms with E-state index in [0.717, 1.165) is 193 Å². The summed E-state index contributed by atoms with van der Waals surface area (Å²) in [4.78, 5) is 58.5. The first-order chi connectivity index (χ1) is 46.2. The fourth-order valence-corrected chi connectivity index (χ4v) is 10.5. The van der Waals surface area contributed by atoms with Crippen molar-refractivity contribution in [2.45, 2.75) is 270 Å². The summed E-state index contributed by atoms with van der Waals surface area (Å²) in [5.41, 5.74) is 0. The molecular formula is C77H126O16P2. The quantitative estimate of drug-likeness (QED) is 0.0146. The molecule has 0 fully saturated rings. The van der Waals surface area contributed by atoms with Gasteiger partial charge in [-0.15, -0.1) is 0 Å². The van der Waals surface area contributed by atoms with Gasteiger partial charge in [0.25, 0.3) is 0 Å². The van der Waals surface area contributed by atoms with Crippen LogP contribution in [0.2, 0.25) is 0 Å². The van der Waals surface area contributed by atoms with E-state index in [2.05, 4.69) is 179 Å². The zero-order valence-corrected chi connectivity index (χ0v) is 60.3. The van der Waals surface area contributed by atoms with Crippen molar-refractivity contribution in [3.8, 4) is 0 Å². The summed E-state index contributed by atoms with van der Waals surface area (Å²) in [6.45, 7) is 2.26. The third-order valence-electron chi connectivity index (χ3n) is 14.2. The van der Waals surface area contributed by atoms with Crippen molar-refractivity contribution in [1.82, 2.24) is 0 Å². The predicted octanol–water partition coefficient (Wildman–Crippen LogP) is 20.3. The monoisotopic (exact) mass is 1370 g/mol. The van der Waals surface area contributed by atoms with Crippen LogP contribution in [0.1, 0.15) is 252 Å². The molecule has 0 aliphatic rings. The highest BCUT2D eigenvalue weighted by Crippen LogP contribution is 2.45. The molecule has 18 heteroatoms. The van der Waals surface area contributed by atoms with Crippen LogP contribution in [0.3, 0.4) is 0 Å². The van der Waals surface area contributed by atoms with Gasteiger partial charge in [0.15, 0.2) is 6.10 Å². The lowest BCUT2D eigenvalue weighted by Gasteiger charge is -2.21. The minimum absolute atomic E-state index is 0.0838. The van der Waals surface area contributed by atoms with E-state index < -0.39 is 91.5 Å². The van der Waals surface area contributed by atoms with Crippen LogP contribution in [0.15, 0.2) is 158 Å². The largest absolute Gasteiger partial charge is 0.472 e. The van der Waals surface area contributed by atoms with Crippen molar-refractivity contribution < 1.29 is 75.8 Å². The van der Waals surface area contributed by atoms with Gasteiger partial charge in [-0.25, -0.2) is 9.13 Å². The number of unbranched alkanes of at least 4 members (excludes halogenated alkanes) is 17. The Bertz CT molecular complexity index is 2360. The van der Waals surface area contributed by atoms with Crippen molar-refractivity contribution >= 4 is 33.6 Å². The van der Waals surface area contributed by atoms with Gasteiger partial charge in [-0.05, 0) is 141 Å². The van der Waals surface area contributed by atoms with Gasteiger partial charge in [0, 0.05) is 19.3 Å². The zero-order valence-electron chi connectivity index (χ0n) is 58.5. The first-order valence-electron chi connectivity index (χ1n) is 35.8. The van der Waals surface area contributed by atoms with Gasteiger partial charge in [-0.3, -0.25) is 32.5 Å². The molecule has 4 N–H and O–H groups in total. The van der Waals surface area contributed by atoms with Gasteiger partial charge in [-0.2, -0.15) is 0 Å². The molecule has 0 amide bonds. The summed E-state index contributed by atoms with van der Waals surface area (Å²) in [7, 11) is -9.81. The molecule has 0 saturated heterocycles. The number of esters is 3. The molecule has 0 radical (unpaired) electrons. The average molecular weight is 1370 g/mol. The van der Waals surface area contributed by atoms with Crippen molar-refractivity contribution in [2.75, 3.05) is 39.6 Å². The summed E-state index contributed by atoms with van der Waals surface area (Å²) < 4.78 is 61.0. The molecule has 0 rings (SSSR count). The normalized spacial score (nSPS) is 15.1. The lowest BCUT2D eigenvalue weighted by molar-refractivity contribution is -0.161. The van der Waals surface area contributed by atoms with E-state index >= 15 is 0 Å². The number of rotatable bonds is 66. The van der Waals surface area contributed by atoms with Crippen LogP contribution in [0.4, 0.5) is 0 Å². The van der Waals surface area contributed by atoms with E-state index in [1.807, 2.05) is 0 Å². The standard InChI is InChI=1S/C77H126O16P2/c1-4-7-10-13-16-19-22-25-28-31-33-34-35-36-38-41-42-45-48-51-54-57-60-63-75(80)87-66-72(78)67-89-94(83,84)90-68-73(79)69-91-95(85,86)92-71-74(93-77(82)65-62-59-56-53-50-47-44-39-30-27-24-21-18-15-12-9-6-3)70-88-76(81)64-61-58-55-52-49-46-43-40-37-32-29-26-23-20-17-14-11-8-5-2/h7-12,16-21,25-30,33-34,36-38,40,42,45,72-74,78-79H,4-6,13-15,22-24,31-32,35,39,41,43-44,46-71H2,1-3H3,(H,83,84)(H,85,86)/b10-7-,11-8-,12-9-,19-16-,20-17-,21-18-,28-25-,29-26-,30-27-,34-33-,38-36-,40-37-,45-42-. The molecule has 16 nitrogen and oxygen atoms in total. The molecule has 5 unspecified atom stereocenters. The number of hydrogen-bond donors (Lipinski definition) is 4. The summed E-state index contributed by atoms with van der Waals surface area (Å²) in [5, 5.41) is 20.6. The summed E-state index contributed by atoms with van der Waals surface area (Å²) in [6.07, 6.45) is 84.2. The number of carbonyl (C=O) groups excluding carboxylic acids is 3. The van der Waals surface area contributed by atoms with E-state index in [1.165, 1.54) is 0 Å². The Labute approximate surface area is 574 Å². The zero-order chi connectivity index (χ0) is 69.5. The first kappa shape index (κ1) is 90.2. The maximum atomic E-state index is 13.0. The van der Waals surface area contributed by atoms with Gasteiger partial charge < -0.3 is 34.2 Å². The molecule has 95 heavy (non-hydrogen) atoms. The number of aliphatic hydroxyl groups excluding tert-OH is 2. The smallest absolute Gasteiger partial charge is 0.463 e. The average Bonchev–Trinajstić information content (AvgIpc) is 2.05. The highest BCUT2D eigenvalue weighted by molar-refractivity contribution is 7.47. The van der Waals surface area contributed by atoms with Gasteiger partial charge >= 0.3 is 33.6 Å². The minimum atomic E-state index is -4.94. The van der Waals surface area contributed by atoms with Gasteiger partial charge in [-0.1, -0.05) is 249 Å². The number of allylic oxidation sites excluding steroid dienone is 26. The van der Waals surface area contributed by atoms with Crippen LogP contribution < -0.4 is 0 Å². The van der Waals surface area contributed by atoms with Crippen LogP contribution in [0.25, 0.3) is 0 Å². The number of phosphoric ester groups is 2. The molecular weight excluding hydrogens is 1240 g/mol. The molecule has 0 aromatic heterocycles. The Hall–Kier alpha value is -4.83. The fourth-order valence-electron chi connectivity index (χ4n) is 8.87. The third kappa shape index (κ3) is 70.3. The molecule has 0 heterocycles. The van der Waals surface area contributed by atoms with E-state index in [0.29, 0.717) is 19.3 Å². The molecule has 0 saturated carbocycles. The molecule has 0 aromatic rings. The van der Waals surface area contributed by atoms with Crippen LogP contribution in [0.5, 0.6) is 0 Å². The van der Waals surface area contributed by atoms with Crippen molar-refractivity contribution in [1.29, 1.82) is 0 Å². The molecule has 5 atom stereocenters. The van der Waals surface area contributed by atoms with Crippen LogP contribution in [-0.2, 0) is 55.8 Å². The van der Waals surface area contributed by atoms with Crippen molar-refractivity contribution in [3.63, 3.8) is 0 Å². The topological polar surface area (TPSA) is 231 Å². The fraction of sp³-hybridized carbons (Fsp3) is 0.623.